The Hall–Kier alpha value is -1.06. The molecule has 1 amide bonds. The second-order valence-electron chi connectivity index (χ2n) is 4.55. The van der Waals surface area contributed by atoms with Crippen molar-refractivity contribution in [2.45, 2.75) is 25.8 Å². The molecule has 1 atom stereocenters. The van der Waals surface area contributed by atoms with Crippen LogP contribution in [0.4, 0.5) is 0 Å². The summed E-state index contributed by atoms with van der Waals surface area (Å²) in [5.41, 5.74) is 8.08. The molecule has 2 rings (SSSR count). The Morgan fingerprint density at radius 2 is 2.06 bits per heavy atom. The fraction of sp³-hybridized carbons (Fsp3) is 0.462. The van der Waals surface area contributed by atoms with Crippen LogP contribution < -0.4 is 5.73 Å². The second-order valence-corrected chi connectivity index (χ2v) is 4.55. The average molecular weight is 255 g/mol. The number of nitrogens with zero attached hydrogens (tertiary/aromatic N) is 1. The quantitative estimate of drug-likeness (QED) is 0.870. The Labute approximate surface area is 108 Å². The molecule has 2 N–H and O–H groups in total. The SMILES string of the molecule is Cc1ccc(CC(=O)N2CCC(N)C2)cc1.Cl. The number of rotatable bonds is 2. The van der Waals surface area contributed by atoms with Gasteiger partial charge in [0.25, 0.3) is 0 Å². The summed E-state index contributed by atoms with van der Waals surface area (Å²) in [6, 6.07) is 8.28. The number of amides is 1. The van der Waals surface area contributed by atoms with E-state index in [1.54, 1.807) is 0 Å². The molecule has 0 aromatic heterocycles. The van der Waals surface area contributed by atoms with Crippen molar-refractivity contribution in [1.82, 2.24) is 4.90 Å². The lowest BCUT2D eigenvalue weighted by Gasteiger charge is -2.15. The van der Waals surface area contributed by atoms with Gasteiger partial charge in [0.15, 0.2) is 0 Å². The highest BCUT2D eigenvalue weighted by molar-refractivity contribution is 5.85. The number of likely N-dealkylation sites (tertiary alicyclic amines) is 1. The van der Waals surface area contributed by atoms with Gasteiger partial charge in [-0.3, -0.25) is 4.79 Å². The molecule has 1 saturated heterocycles. The fourth-order valence-corrected chi connectivity index (χ4v) is 2.01. The van der Waals surface area contributed by atoms with Gasteiger partial charge >= 0.3 is 0 Å². The van der Waals surface area contributed by atoms with Crippen LogP contribution in [0.2, 0.25) is 0 Å². The molecular formula is C13H19ClN2O. The Morgan fingerprint density at radius 1 is 1.41 bits per heavy atom. The van der Waals surface area contributed by atoms with Crippen molar-refractivity contribution in [1.29, 1.82) is 0 Å². The van der Waals surface area contributed by atoms with Gasteiger partial charge in [0, 0.05) is 19.1 Å². The number of hydrogen-bond acceptors (Lipinski definition) is 2. The predicted molar refractivity (Wildman–Crippen MR) is 71.3 cm³/mol. The average Bonchev–Trinajstić information content (AvgIpc) is 2.68. The number of benzene rings is 1. The first kappa shape index (κ1) is 14.0. The van der Waals surface area contributed by atoms with Crippen molar-refractivity contribution in [3.8, 4) is 0 Å². The van der Waals surface area contributed by atoms with Gasteiger partial charge in [0.1, 0.15) is 0 Å². The maximum absolute atomic E-state index is 11.9. The summed E-state index contributed by atoms with van der Waals surface area (Å²) in [7, 11) is 0. The lowest BCUT2D eigenvalue weighted by molar-refractivity contribution is -0.129. The van der Waals surface area contributed by atoms with Crippen LogP contribution in [0.5, 0.6) is 0 Å². The molecule has 94 valence electrons. The van der Waals surface area contributed by atoms with Crippen LogP contribution in [0.15, 0.2) is 24.3 Å². The van der Waals surface area contributed by atoms with Gasteiger partial charge in [-0.15, -0.1) is 12.4 Å². The zero-order valence-corrected chi connectivity index (χ0v) is 10.9. The molecule has 0 saturated carbocycles. The highest BCUT2D eigenvalue weighted by Crippen LogP contribution is 2.11. The molecule has 1 fully saturated rings. The fourth-order valence-electron chi connectivity index (χ4n) is 2.01. The van der Waals surface area contributed by atoms with E-state index in [9.17, 15) is 4.79 Å². The maximum atomic E-state index is 11.9. The van der Waals surface area contributed by atoms with E-state index >= 15 is 0 Å². The predicted octanol–water partition coefficient (Wildman–Crippen LogP) is 1.52. The number of carbonyl (C=O) groups excluding carboxylic acids is 1. The van der Waals surface area contributed by atoms with E-state index < -0.39 is 0 Å². The molecule has 1 aliphatic heterocycles. The summed E-state index contributed by atoms with van der Waals surface area (Å²) in [6.45, 7) is 3.57. The smallest absolute Gasteiger partial charge is 0.227 e. The molecule has 0 bridgehead atoms. The third-order valence-electron chi connectivity index (χ3n) is 3.05. The van der Waals surface area contributed by atoms with Gasteiger partial charge in [-0.05, 0) is 18.9 Å². The van der Waals surface area contributed by atoms with E-state index in [1.165, 1.54) is 5.56 Å². The zero-order valence-electron chi connectivity index (χ0n) is 10.1. The minimum Gasteiger partial charge on any atom is -0.341 e. The molecule has 3 nitrogen and oxygen atoms in total. The van der Waals surface area contributed by atoms with Crippen molar-refractivity contribution in [3.63, 3.8) is 0 Å². The molecule has 0 radical (unpaired) electrons. The first-order valence-electron chi connectivity index (χ1n) is 5.74. The number of aryl methyl sites for hydroxylation is 1. The molecule has 17 heavy (non-hydrogen) atoms. The molecule has 1 aromatic rings. The third kappa shape index (κ3) is 3.72. The summed E-state index contributed by atoms with van der Waals surface area (Å²) < 4.78 is 0. The first-order valence-corrected chi connectivity index (χ1v) is 5.74. The lowest BCUT2D eigenvalue weighted by Crippen LogP contribution is -2.32. The van der Waals surface area contributed by atoms with E-state index in [4.69, 9.17) is 5.73 Å². The topological polar surface area (TPSA) is 46.3 Å². The van der Waals surface area contributed by atoms with Gasteiger partial charge in [0.2, 0.25) is 5.91 Å². The van der Waals surface area contributed by atoms with Crippen LogP contribution in [-0.2, 0) is 11.2 Å². The summed E-state index contributed by atoms with van der Waals surface area (Å²) in [5.74, 6) is 0.191. The van der Waals surface area contributed by atoms with Crippen molar-refractivity contribution >= 4 is 18.3 Å². The Bertz CT molecular complexity index is 378. The minimum absolute atomic E-state index is 0. The number of carbonyl (C=O) groups is 1. The van der Waals surface area contributed by atoms with Crippen LogP contribution in [-0.4, -0.2) is 29.9 Å². The monoisotopic (exact) mass is 254 g/mol. The molecule has 1 aliphatic rings. The van der Waals surface area contributed by atoms with Crippen molar-refractivity contribution in [3.05, 3.63) is 35.4 Å². The first-order chi connectivity index (χ1) is 7.65. The van der Waals surface area contributed by atoms with Gasteiger partial charge in [-0.2, -0.15) is 0 Å². The Kier molecular flexibility index (Phi) is 4.97. The minimum atomic E-state index is 0. The standard InChI is InChI=1S/C13H18N2O.ClH/c1-10-2-4-11(5-3-10)8-13(16)15-7-6-12(14)9-15;/h2-5,12H,6-9,14H2,1H3;1H. The second kappa shape index (κ2) is 6.03. The van der Waals surface area contributed by atoms with Crippen molar-refractivity contribution < 1.29 is 4.79 Å². The number of nitrogens with two attached hydrogens (primary N) is 1. The molecular weight excluding hydrogens is 236 g/mol. The van der Waals surface area contributed by atoms with Crippen LogP contribution >= 0.6 is 12.4 Å². The summed E-state index contributed by atoms with van der Waals surface area (Å²) in [5, 5.41) is 0. The van der Waals surface area contributed by atoms with Crippen LogP contribution in [0, 0.1) is 6.92 Å². The van der Waals surface area contributed by atoms with Gasteiger partial charge < -0.3 is 10.6 Å². The summed E-state index contributed by atoms with van der Waals surface area (Å²) >= 11 is 0. The van der Waals surface area contributed by atoms with E-state index in [0.717, 1.165) is 18.5 Å². The number of hydrogen-bond donors (Lipinski definition) is 1. The largest absolute Gasteiger partial charge is 0.341 e. The van der Waals surface area contributed by atoms with Crippen LogP contribution in [0.3, 0.4) is 0 Å². The molecule has 0 aliphatic carbocycles. The lowest BCUT2D eigenvalue weighted by atomic mass is 10.1. The van der Waals surface area contributed by atoms with E-state index in [0.29, 0.717) is 13.0 Å². The third-order valence-corrected chi connectivity index (χ3v) is 3.05. The van der Waals surface area contributed by atoms with Gasteiger partial charge in [-0.1, -0.05) is 29.8 Å². The summed E-state index contributed by atoms with van der Waals surface area (Å²) in [4.78, 5) is 13.8. The normalized spacial score (nSPS) is 18.9. The van der Waals surface area contributed by atoms with Crippen molar-refractivity contribution in [2.75, 3.05) is 13.1 Å². The molecule has 4 heteroatoms. The maximum Gasteiger partial charge on any atom is 0.227 e. The van der Waals surface area contributed by atoms with Gasteiger partial charge in [-0.25, -0.2) is 0 Å². The Morgan fingerprint density at radius 3 is 2.59 bits per heavy atom. The molecule has 1 heterocycles. The van der Waals surface area contributed by atoms with Crippen LogP contribution in [0.1, 0.15) is 17.5 Å². The van der Waals surface area contributed by atoms with Crippen molar-refractivity contribution in [2.24, 2.45) is 5.73 Å². The molecule has 1 unspecified atom stereocenters. The summed E-state index contributed by atoms with van der Waals surface area (Å²) in [6.07, 6.45) is 1.42. The molecule has 1 aromatic carbocycles. The van der Waals surface area contributed by atoms with Gasteiger partial charge in [0.05, 0.1) is 6.42 Å². The highest BCUT2D eigenvalue weighted by atomic mass is 35.5. The molecule has 0 spiro atoms. The Balaban J connectivity index is 0.00000144. The van der Waals surface area contributed by atoms with Crippen LogP contribution in [0.25, 0.3) is 0 Å². The zero-order chi connectivity index (χ0) is 11.5. The van der Waals surface area contributed by atoms with E-state index in [1.807, 2.05) is 36.1 Å². The highest BCUT2D eigenvalue weighted by Gasteiger charge is 2.23. The number of halogens is 1. The van der Waals surface area contributed by atoms with E-state index in [-0.39, 0.29) is 24.4 Å². The van der Waals surface area contributed by atoms with E-state index in [2.05, 4.69) is 0 Å².